The molecule has 0 radical (unpaired) electrons. The Labute approximate surface area is 88.1 Å². The number of hydrogen-bond donors (Lipinski definition) is 2. The number of rotatable bonds is 6. The molecular weight excluding hydrogens is 174 g/mol. The molecule has 2 nitrogen and oxygen atoms in total. The third kappa shape index (κ3) is 4.97. The molecule has 0 amide bonds. The highest BCUT2D eigenvalue weighted by Crippen LogP contribution is 2.27. The van der Waals surface area contributed by atoms with E-state index in [4.69, 9.17) is 5.11 Å². The van der Waals surface area contributed by atoms with Gasteiger partial charge in [0.1, 0.15) is 0 Å². The van der Waals surface area contributed by atoms with Crippen LogP contribution in [0.3, 0.4) is 0 Å². The van der Waals surface area contributed by atoms with E-state index in [-0.39, 0.29) is 0 Å². The Morgan fingerprint density at radius 3 is 2.50 bits per heavy atom. The van der Waals surface area contributed by atoms with Crippen LogP contribution in [0, 0.1) is 11.8 Å². The van der Waals surface area contributed by atoms with Gasteiger partial charge in [-0.15, -0.1) is 0 Å². The molecule has 14 heavy (non-hydrogen) atoms. The first-order valence-corrected chi connectivity index (χ1v) is 6.14. The molecule has 1 aliphatic rings. The molecule has 0 aromatic heterocycles. The third-order valence-electron chi connectivity index (χ3n) is 3.33. The third-order valence-corrected chi connectivity index (χ3v) is 3.33. The fraction of sp³-hybridized carbons (Fsp3) is 1.00. The van der Waals surface area contributed by atoms with E-state index in [9.17, 15) is 0 Å². The molecule has 1 rings (SSSR count). The van der Waals surface area contributed by atoms with Crippen LogP contribution in [0.4, 0.5) is 0 Å². The molecule has 0 saturated heterocycles. The van der Waals surface area contributed by atoms with Crippen LogP contribution in [-0.4, -0.2) is 24.8 Å². The molecule has 0 aromatic carbocycles. The topological polar surface area (TPSA) is 32.3 Å². The van der Waals surface area contributed by atoms with Crippen molar-refractivity contribution in [2.45, 2.75) is 45.4 Å². The van der Waals surface area contributed by atoms with E-state index in [1.54, 1.807) is 0 Å². The summed E-state index contributed by atoms with van der Waals surface area (Å²) in [6.45, 7) is 4.97. The summed E-state index contributed by atoms with van der Waals surface area (Å²) in [6, 6.07) is 0. The Kier molecular flexibility index (Phi) is 6.20. The number of aliphatic hydroxyl groups excluding tert-OH is 1. The lowest BCUT2D eigenvalue weighted by atomic mass is 9.83. The predicted molar refractivity (Wildman–Crippen MR) is 60.3 cm³/mol. The Balaban J connectivity index is 1.91. The molecule has 0 aromatic rings. The van der Waals surface area contributed by atoms with E-state index < -0.39 is 0 Å². The lowest BCUT2D eigenvalue weighted by molar-refractivity contribution is 0.272. The van der Waals surface area contributed by atoms with Crippen LogP contribution in [0.1, 0.15) is 45.4 Å². The summed E-state index contributed by atoms with van der Waals surface area (Å²) in [6.07, 6.45) is 7.71. The number of hydrogen-bond acceptors (Lipinski definition) is 2. The van der Waals surface area contributed by atoms with Gasteiger partial charge in [0.25, 0.3) is 0 Å². The lowest BCUT2D eigenvalue weighted by Crippen LogP contribution is -2.26. The van der Waals surface area contributed by atoms with Gasteiger partial charge in [0.2, 0.25) is 0 Å². The van der Waals surface area contributed by atoms with Gasteiger partial charge in [-0.2, -0.15) is 0 Å². The Morgan fingerprint density at radius 1 is 1.14 bits per heavy atom. The maximum Gasteiger partial charge on any atom is 0.0431 e. The van der Waals surface area contributed by atoms with Crippen molar-refractivity contribution in [3.63, 3.8) is 0 Å². The Morgan fingerprint density at radius 2 is 1.86 bits per heavy atom. The van der Waals surface area contributed by atoms with Crippen LogP contribution < -0.4 is 5.32 Å². The normalized spacial score (nSPS) is 27.9. The first-order valence-electron chi connectivity index (χ1n) is 6.14. The highest BCUT2D eigenvalue weighted by molar-refractivity contribution is 4.71. The molecule has 0 bridgehead atoms. The lowest BCUT2D eigenvalue weighted by Gasteiger charge is -2.26. The minimum absolute atomic E-state index is 0.336. The van der Waals surface area contributed by atoms with Gasteiger partial charge in [-0.25, -0.2) is 0 Å². The average molecular weight is 199 g/mol. The first kappa shape index (κ1) is 12.0. The molecule has 0 atom stereocenters. The van der Waals surface area contributed by atoms with Crippen molar-refractivity contribution in [2.24, 2.45) is 11.8 Å². The van der Waals surface area contributed by atoms with E-state index in [2.05, 4.69) is 12.2 Å². The monoisotopic (exact) mass is 199 g/mol. The number of nitrogens with one attached hydrogen (secondary N) is 1. The number of unbranched alkanes of at least 4 members (excludes halogenated alkanes) is 1. The number of aliphatic hydroxyl groups is 1. The van der Waals surface area contributed by atoms with Crippen LogP contribution in [0.2, 0.25) is 0 Å². The van der Waals surface area contributed by atoms with Gasteiger partial charge in [0, 0.05) is 6.61 Å². The van der Waals surface area contributed by atoms with Crippen molar-refractivity contribution in [3.8, 4) is 0 Å². The van der Waals surface area contributed by atoms with Gasteiger partial charge >= 0.3 is 0 Å². The van der Waals surface area contributed by atoms with E-state index in [0.717, 1.165) is 31.2 Å². The fourth-order valence-electron chi connectivity index (χ4n) is 2.20. The van der Waals surface area contributed by atoms with Crippen molar-refractivity contribution in [3.05, 3.63) is 0 Å². The van der Waals surface area contributed by atoms with Gasteiger partial charge in [0.05, 0.1) is 0 Å². The summed E-state index contributed by atoms with van der Waals surface area (Å²) < 4.78 is 0. The summed E-state index contributed by atoms with van der Waals surface area (Å²) in [5, 5.41) is 12.1. The van der Waals surface area contributed by atoms with Crippen LogP contribution in [0.25, 0.3) is 0 Å². The van der Waals surface area contributed by atoms with Gasteiger partial charge in [-0.05, 0) is 50.6 Å². The molecule has 2 N–H and O–H groups in total. The van der Waals surface area contributed by atoms with Crippen LogP contribution in [0.5, 0.6) is 0 Å². The second kappa shape index (κ2) is 7.24. The van der Waals surface area contributed by atoms with Gasteiger partial charge < -0.3 is 10.4 Å². The molecule has 1 aliphatic carbocycles. The molecule has 0 aliphatic heterocycles. The second-order valence-electron chi connectivity index (χ2n) is 4.76. The minimum Gasteiger partial charge on any atom is -0.396 e. The maximum absolute atomic E-state index is 8.62. The zero-order valence-electron chi connectivity index (χ0n) is 9.47. The van der Waals surface area contributed by atoms with Gasteiger partial charge in [0.15, 0.2) is 0 Å². The van der Waals surface area contributed by atoms with Gasteiger partial charge in [-0.1, -0.05) is 19.8 Å². The molecular formula is C12H25NO. The van der Waals surface area contributed by atoms with Crippen LogP contribution in [0.15, 0.2) is 0 Å². The van der Waals surface area contributed by atoms with E-state index >= 15 is 0 Å². The maximum atomic E-state index is 8.62. The quantitative estimate of drug-likeness (QED) is 0.643. The van der Waals surface area contributed by atoms with Crippen molar-refractivity contribution < 1.29 is 5.11 Å². The largest absolute Gasteiger partial charge is 0.396 e. The Bertz CT molecular complexity index is 130. The Hall–Kier alpha value is -0.0800. The first-order chi connectivity index (χ1) is 6.83. The molecule has 0 heterocycles. The molecule has 0 spiro atoms. The molecule has 2 heteroatoms. The summed E-state index contributed by atoms with van der Waals surface area (Å²) in [5.41, 5.74) is 0. The van der Waals surface area contributed by atoms with Crippen LogP contribution >= 0.6 is 0 Å². The summed E-state index contributed by atoms with van der Waals surface area (Å²) in [7, 11) is 0. The smallest absolute Gasteiger partial charge is 0.0431 e. The van der Waals surface area contributed by atoms with Crippen molar-refractivity contribution in [2.75, 3.05) is 19.7 Å². The standard InChI is InChI=1S/C12H25NO/c1-11-4-6-12(7-5-11)10-13-8-2-3-9-14/h11-14H,2-10H2,1H3. The summed E-state index contributed by atoms with van der Waals surface area (Å²) >= 11 is 0. The van der Waals surface area contributed by atoms with E-state index in [1.165, 1.54) is 32.2 Å². The minimum atomic E-state index is 0.336. The van der Waals surface area contributed by atoms with E-state index in [0.29, 0.717) is 6.61 Å². The zero-order valence-corrected chi connectivity index (χ0v) is 9.47. The molecule has 1 fully saturated rings. The molecule has 0 unspecified atom stereocenters. The van der Waals surface area contributed by atoms with Gasteiger partial charge in [-0.3, -0.25) is 0 Å². The zero-order chi connectivity index (χ0) is 10.2. The predicted octanol–water partition coefficient (Wildman–Crippen LogP) is 2.17. The highest BCUT2D eigenvalue weighted by Gasteiger charge is 2.17. The van der Waals surface area contributed by atoms with Crippen molar-refractivity contribution in [1.29, 1.82) is 0 Å². The second-order valence-corrected chi connectivity index (χ2v) is 4.76. The SMILES string of the molecule is CC1CCC(CNCCCCO)CC1. The summed E-state index contributed by atoms with van der Waals surface area (Å²) in [5.74, 6) is 1.88. The summed E-state index contributed by atoms with van der Waals surface area (Å²) in [4.78, 5) is 0. The highest BCUT2D eigenvalue weighted by atomic mass is 16.2. The van der Waals surface area contributed by atoms with Crippen molar-refractivity contribution >= 4 is 0 Å². The van der Waals surface area contributed by atoms with Crippen molar-refractivity contribution in [1.82, 2.24) is 5.32 Å². The average Bonchev–Trinajstić information content (AvgIpc) is 2.21. The molecule has 84 valence electrons. The fourth-order valence-corrected chi connectivity index (χ4v) is 2.20. The van der Waals surface area contributed by atoms with E-state index in [1.807, 2.05) is 0 Å². The molecule has 1 saturated carbocycles. The van der Waals surface area contributed by atoms with Crippen LogP contribution in [-0.2, 0) is 0 Å².